The third-order valence-corrected chi connectivity index (χ3v) is 6.51. The molecular weight excluding hydrogens is 388 g/mol. The molecule has 140 valence electrons. The van der Waals surface area contributed by atoms with Crippen molar-refractivity contribution in [2.45, 2.75) is 25.7 Å². The molecule has 7 heteroatoms. The van der Waals surface area contributed by atoms with Crippen molar-refractivity contribution >= 4 is 33.7 Å². The zero-order valence-corrected chi connectivity index (χ0v) is 16.9. The van der Waals surface area contributed by atoms with Gasteiger partial charge in [0.1, 0.15) is 0 Å². The Labute approximate surface area is 170 Å². The number of hydrogen-bond acceptors (Lipinski definition) is 5. The standard InChI is InChI=1S/C21H18N4OS2/c1-13-7-10-18(28-13)17-12-27-21(23-17)24-20(26)16-11-22-25(19(16)14-8-9-14)15-5-3-2-4-6-15/h2-7,10-12,14H,8-9H2,1H3,(H,23,24,26). The summed E-state index contributed by atoms with van der Waals surface area (Å²) >= 11 is 3.15. The SMILES string of the molecule is Cc1ccc(-c2csc(NC(=O)c3cnn(-c4ccccc4)c3C3CC3)n2)s1. The van der Waals surface area contributed by atoms with Crippen LogP contribution in [0.25, 0.3) is 16.3 Å². The second kappa shape index (κ2) is 7.00. The number of para-hydroxylation sites is 1. The molecule has 0 bridgehead atoms. The number of amides is 1. The Morgan fingerprint density at radius 1 is 1.18 bits per heavy atom. The normalized spacial score (nSPS) is 13.6. The lowest BCUT2D eigenvalue weighted by Crippen LogP contribution is -2.14. The lowest BCUT2D eigenvalue weighted by molar-refractivity contribution is 0.102. The first kappa shape index (κ1) is 17.3. The van der Waals surface area contributed by atoms with Gasteiger partial charge in [0.2, 0.25) is 0 Å². The number of anilines is 1. The summed E-state index contributed by atoms with van der Waals surface area (Å²) in [7, 11) is 0. The predicted molar refractivity (Wildman–Crippen MR) is 114 cm³/mol. The molecule has 0 atom stereocenters. The van der Waals surface area contributed by atoms with Gasteiger partial charge in [0.25, 0.3) is 5.91 Å². The number of carbonyl (C=O) groups is 1. The third kappa shape index (κ3) is 3.27. The molecule has 1 saturated carbocycles. The minimum absolute atomic E-state index is 0.146. The number of hydrogen-bond donors (Lipinski definition) is 1. The summed E-state index contributed by atoms with van der Waals surface area (Å²) in [5, 5.41) is 10.1. The van der Waals surface area contributed by atoms with E-state index in [1.807, 2.05) is 40.4 Å². The van der Waals surface area contributed by atoms with Crippen LogP contribution >= 0.6 is 22.7 Å². The van der Waals surface area contributed by atoms with Gasteiger partial charge in [-0.2, -0.15) is 5.10 Å². The number of nitrogens with zero attached hydrogens (tertiary/aromatic N) is 3. The van der Waals surface area contributed by atoms with Crippen molar-refractivity contribution in [3.05, 3.63) is 70.2 Å². The fourth-order valence-electron chi connectivity index (χ4n) is 3.24. The summed E-state index contributed by atoms with van der Waals surface area (Å²) < 4.78 is 1.90. The second-order valence-corrected chi connectivity index (χ2v) is 9.01. The van der Waals surface area contributed by atoms with E-state index in [9.17, 15) is 4.79 Å². The lowest BCUT2D eigenvalue weighted by Gasteiger charge is -2.08. The molecule has 5 rings (SSSR count). The number of carbonyl (C=O) groups excluding carboxylic acids is 1. The average Bonchev–Trinajstić information content (AvgIpc) is 3.08. The minimum atomic E-state index is -0.146. The summed E-state index contributed by atoms with van der Waals surface area (Å²) in [6, 6.07) is 14.1. The van der Waals surface area contributed by atoms with E-state index >= 15 is 0 Å². The van der Waals surface area contributed by atoms with Crippen LogP contribution in [0.3, 0.4) is 0 Å². The molecule has 1 aromatic carbocycles. The lowest BCUT2D eigenvalue weighted by atomic mass is 10.1. The summed E-state index contributed by atoms with van der Waals surface area (Å²) in [6.45, 7) is 2.08. The summed E-state index contributed by atoms with van der Waals surface area (Å²) in [4.78, 5) is 19.9. The number of rotatable bonds is 5. The Morgan fingerprint density at radius 2 is 2.00 bits per heavy atom. The number of thiazole rings is 1. The molecule has 1 N–H and O–H groups in total. The largest absolute Gasteiger partial charge is 0.298 e. The molecule has 0 spiro atoms. The van der Waals surface area contributed by atoms with Crippen LogP contribution in [-0.4, -0.2) is 20.7 Å². The molecule has 0 aliphatic heterocycles. The predicted octanol–water partition coefficient (Wildman–Crippen LogP) is 5.50. The van der Waals surface area contributed by atoms with Crippen molar-refractivity contribution in [3.8, 4) is 16.3 Å². The van der Waals surface area contributed by atoms with Crippen LogP contribution in [0.2, 0.25) is 0 Å². The van der Waals surface area contributed by atoms with E-state index in [1.54, 1.807) is 17.5 Å². The maximum atomic E-state index is 13.0. The van der Waals surface area contributed by atoms with E-state index in [0.29, 0.717) is 16.6 Å². The van der Waals surface area contributed by atoms with Gasteiger partial charge in [-0.15, -0.1) is 22.7 Å². The molecule has 0 saturated heterocycles. The zero-order valence-electron chi connectivity index (χ0n) is 15.3. The Balaban J connectivity index is 1.42. The van der Waals surface area contributed by atoms with Gasteiger partial charge in [-0.1, -0.05) is 18.2 Å². The molecule has 1 fully saturated rings. The van der Waals surface area contributed by atoms with E-state index in [4.69, 9.17) is 0 Å². The Morgan fingerprint density at radius 3 is 2.71 bits per heavy atom. The quantitative estimate of drug-likeness (QED) is 0.476. The van der Waals surface area contributed by atoms with Gasteiger partial charge >= 0.3 is 0 Å². The van der Waals surface area contributed by atoms with Crippen molar-refractivity contribution in [2.75, 3.05) is 5.32 Å². The average molecular weight is 407 g/mol. The summed E-state index contributed by atoms with van der Waals surface area (Å²) in [5.74, 6) is 0.247. The van der Waals surface area contributed by atoms with Crippen molar-refractivity contribution in [3.63, 3.8) is 0 Å². The molecule has 3 aromatic heterocycles. The molecule has 3 heterocycles. The van der Waals surface area contributed by atoms with Crippen LogP contribution in [0, 0.1) is 6.92 Å². The fraction of sp³-hybridized carbons (Fsp3) is 0.190. The molecule has 5 nitrogen and oxygen atoms in total. The fourth-order valence-corrected chi connectivity index (χ4v) is 4.85. The molecule has 0 unspecified atom stereocenters. The van der Waals surface area contributed by atoms with E-state index in [-0.39, 0.29) is 5.91 Å². The Kier molecular flexibility index (Phi) is 4.33. The number of aryl methyl sites for hydroxylation is 1. The Bertz CT molecular complexity index is 1140. The minimum Gasteiger partial charge on any atom is -0.298 e. The monoisotopic (exact) mass is 406 g/mol. The highest BCUT2D eigenvalue weighted by atomic mass is 32.1. The third-order valence-electron chi connectivity index (χ3n) is 4.73. The second-order valence-electron chi connectivity index (χ2n) is 6.87. The molecule has 1 aliphatic rings. The maximum absolute atomic E-state index is 13.0. The first-order valence-electron chi connectivity index (χ1n) is 9.16. The van der Waals surface area contributed by atoms with Gasteiger partial charge < -0.3 is 0 Å². The van der Waals surface area contributed by atoms with E-state index in [1.165, 1.54) is 16.2 Å². The smallest absolute Gasteiger partial charge is 0.260 e. The van der Waals surface area contributed by atoms with E-state index < -0.39 is 0 Å². The van der Waals surface area contributed by atoms with Crippen molar-refractivity contribution in [1.29, 1.82) is 0 Å². The highest BCUT2D eigenvalue weighted by Gasteiger charge is 2.33. The van der Waals surface area contributed by atoms with Gasteiger partial charge in [-0.3, -0.25) is 10.1 Å². The van der Waals surface area contributed by atoms with Gasteiger partial charge in [0, 0.05) is 16.2 Å². The van der Waals surface area contributed by atoms with Crippen LogP contribution in [0.15, 0.2) is 54.0 Å². The highest BCUT2D eigenvalue weighted by molar-refractivity contribution is 7.17. The van der Waals surface area contributed by atoms with E-state index in [2.05, 4.69) is 34.5 Å². The van der Waals surface area contributed by atoms with Gasteiger partial charge in [-0.25, -0.2) is 9.67 Å². The number of benzene rings is 1. The van der Waals surface area contributed by atoms with Gasteiger partial charge in [0.15, 0.2) is 5.13 Å². The van der Waals surface area contributed by atoms with Crippen molar-refractivity contribution in [2.24, 2.45) is 0 Å². The molecule has 4 aromatic rings. The number of thiophene rings is 1. The number of nitrogens with one attached hydrogen (secondary N) is 1. The summed E-state index contributed by atoms with van der Waals surface area (Å²) in [6.07, 6.45) is 3.86. The first-order chi connectivity index (χ1) is 13.7. The molecule has 1 aliphatic carbocycles. The molecule has 28 heavy (non-hydrogen) atoms. The van der Waals surface area contributed by atoms with Crippen molar-refractivity contribution in [1.82, 2.24) is 14.8 Å². The van der Waals surface area contributed by atoms with Crippen LogP contribution in [0.5, 0.6) is 0 Å². The first-order valence-corrected chi connectivity index (χ1v) is 10.9. The van der Waals surface area contributed by atoms with Crippen LogP contribution < -0.4 is 5.32 Å². The molecular formula is C21H18N4OS2. The van der Waals surface area contributed by atoms with Crippen LogP contribution in [-0.2, 0) is 0 Å². The van der Waals surface area contributed by atoms with Crippen molar-refractivity contribution < 1.29 is 4.79 Å². The van der Waals surface area contributed by atoms with Gasteiger partial charge in [0.05, 0.1) is 33.7 Å². The molecule has 0 radical (unpaired) electrons. The number of aromatic nitrogens is 3. The summed E-state index contributed by atoms with van der Waals surface area (Å²) in [5.41, 5.74) is 3.51. The zero-order chi connectivity index (χ0) is 19.1. The van der Waals surface area contributed by atoms with E-state index in [0.717, 1.165) is 34.8 Å². The molecule has 1 amide bonds. The van der Waals surface area contributed by atoms with Crippen LogP contribution in [0.4, 0.5) is 5.13 Å². The van der Waals surface area contributed by atoms with Gasteiger partial charge in [-0.05, 0) is 44.0 Å². The van der Waals surface area contributed by atoms with Crippen LogP contribution in [0.1, 0.15) is 39.7 Å². The Hall–Kier alpha value is -2.77. The highest BCUT2D eigenvalue weighted by Crippen LogP contribution is 2.42. The maximum Gasteiger partial charge on any atom is 0.260 e. The topological polar surface area (TPSA) is 59.8 Å².